The molecular weight excluding hydrogens is 532 g/mol. The summed E-state index contributed by atoms with van der Waals surface area (Å²) in [6.07, 6.45) is 9.43. The summed E-state index contributed by atoms with van der Waals surface area (Å²) in [5, 5.41) is 34.4. The van der Waals surface area contributed by atoms with Gasteiger partial charge in [0.05, 0.1) is 18.9 Å². The normalized spacial score (nSPS) is 27.3. The average Bonchev–Trinajstić information content (AvgIpc) is 2.91. The maximum Gasteiger partial charge on any atom is 0.402 e. The van der Waals surface area contributed by atoms with Crippen molar-refractivity contribution in [3.8, 4) is 0 Å². The fraction of sp³-hybridized carbons (Fsp3) is 0.533. The van der Waals surface area contributed by atoms with E-state index >= 15 is 0 Å². The molecule has 1 heterocycles. The van der Waals surface area contributed by atoms with Crippen LogP contribution < -0.4 is 11.1 Å². The second-order valence-corrected chi connectivity index (χ2v) is 9.80. The van der Waals surface area contributed by atoms with E-state index in [1.54, 1.807) is 13.0 Å². The highest BCUT2D eigenvalue weighted by Crippen LogP contribution is 2.28. The zero-order chi connectivity index (χ0) is 32.3. The van der Waals surface area contributed by atoms with Gasteiger partial charge in [-0.25, -0.2) is 4.79 Å². The van der Waals surface area contributed by atoms with Gasteiger partial charge in [0.15, 0.2) is 5.76 Å². The molecule has 0 aromatic heterocycles. The molecule has 0 aromatic rings. The van der Waals surface area contributed by atoms with Crippen LogP contribution in [-0.4, -0.2) is 71.4 Å². The van der Waals surface area contributed by atoms with Crippen molar-refractivity contribution in [3.63, 3.8) is 0 Å². The molecule has 11 nitrogen and oxygen atoms in total. The number of hydrogen-bond donors (Lipinski definition) is 6. The Kier molecular flexibility index (Phi) is 20.5. The number of carbonyl (C=O) groups excluding carboxylic acids is 3. The van der Waals surface area contributed by atoms with Crippen LogP contribution in [0.25, 0.3) is 0 Å². The number of aliphatic hydroxyl groups excluding tert-OH is 3. The zero-order valence-corrected chi connectivity index (χ0v) is 25.4. The monoisotopic (exact) mass is 580 g/mol. The van der Waals surface area contributed by atoms with E-state index in [2.05, 4.69) is 31.0 Å². The van der Waals surface area contributed by atoms with Crippen molar-refractivity contribution < 1.29 is 44.3 Å². The highest BCUT2D eigenvalue weighted by molar-refractivity contribution is 6.23. The number of nitrogens with one attached hydrogen (secondary N) is 1. The van der Waals surface area contributed by atoms with Crippen molar-refractivity contribution in [2.45, 2.75) is 66.4 Å². The predicted molar refractivity (Wildman–Crippen MR) is 157 cm³/mol. The molecule has 4 unspecified atom stereocenters. The molecule has 1 aliphatic heterocycles. The molecule has 0 saturated heterocycles. The lowest BCUT2D eigenvalue weighted by Gasteiger charge is -2.22. The lowest BCUT2D eigenvalue weighted by molar-refractivity contribution is -0.120. The minimum atomic E-state index is -1.33. The Morgan fingerprint density at radius 2 is 1.59 bits per heavy atom. The molecular formula is C30H48N2O9. The Morgan fingerprint density at radius 1 is 1.02 bits per heavy atom. The summed E-state index contributed by atoms with van der Waals surface area (Å²) in [4.78, 5) is 47.1. The van der Waals surface area contributed by atoms with Crippen LogP contribution in [0.4, 0.5) is 4.79 Å². The number of aliphatic hydroxyl groups is 3. The van der Waals surface area contributed by atoms with Gasteiger partial charge in [0.2, 0.25) is 11.6 Å². The molecule has 0 aromatic carbocycles. The zero-order valence-electron chi connectivity index (χ0n) is 25.4. The molecule has 0 radical (unpaired) electrons. The van der Waals surface area contributed by atoms with Crippen molar-refractivity contribution in [1.82, 2.24) is 5.32 Å². The van der Waals surface area contributed by atoms with Gasteiger partial charge in [0.25, 0.3) is 5.91 Å². The molecule has 11 heteroatoms. The summed E-state index contributed by atoms with van der Waals surface area (Å²) >= 11 is 0. The Bertz CT molecular complexity index is 1030. The molecule has 2 rings (SSSR count). The molecule has 41 heavy (non-hydrogen) atoms. The van der Waals surface area contributed by atoms with Crippen molar-refractivity contribution in [2.24, 2.45) is 23.5 Å². The van der Waals surface area contributed by atoms with Gasteiger partial charge in [0.1, 0.15) is 0 Å². The van der Waals surface area contributed by atoms with Crippen molar-refractivity contribution in [2.75, 3.05) is 21.3 Å². The number of methoxy groups -OCH3 is 1. The van der Waals surface area contributed by atoms with E-state index in [-0.39, 0.29) is 34.8 Å². The van der Waals surface area contributed by atoms with E-state index in [9.17, 15) is 19.5 Å². The lowest BCUT2D eigenvalue weighted by Crippen LogP contribution is -2.33. The van der Waals surface area contributed by atoms with Crippen LogP contribution in [0.15, 0.2) is 58.6 Å². The minimum absolute atomic E-state index is 0.0144. The summed E-state index contributed by atoms with van der Waals surface area (Å²) in [6, 6.07) is 0. The van der Waals surface area contributed by atoms with Gasteiger partial charge in [-0.1, -0.05) is 50.6 Å². The van der Waals surface area contributed by atoms with Crippen LogP contribution in [0.2, 0.25) is 0 Å². The van der Waals surface area contributed by atoms with E-state index in [0.29, 0.717) is 24.8 Å². The number of amides is 2. The van der Waals surface area contributed by atoms with Gasteiger partial charge < -0.3 is 36.2 Å². The first-order chi connectivity index (χ1) is 19.3. The largest absolute Gasteiger partial charge is 0.492 e. The van der Waals surface area contributed by atoms with Gasteiger partial charge in [-0.15, -0.1) is 0 Å². The first-order valence-corrected chi connectivity index (χ1v) is 13.2. The Hall–Kier alpha value is -3.54. The molecule has 0 saturated carbocycles. The number of nitrogens with two attached hydrogens (primary N) is 1. The van der Waals surface area contributed by atoms with Gasteiger partial charge in [-0.2, -0.15) is 0 Å². The van der Waals surface area contributed by atoms with E-state index in [0.717, 1.165) is 26.7 Å². The Labute approximate surface area is 243 Å². The van der Waals surface area contributed by atoms with Crippen LogP contribution >= 0.6 is 0 Å². The number of ether oxygens (including phenoxy) is 1. The fourth-order valence-corrected chi connectivity index (χ4v) is 4.24. The van der Waals surface area contributed by atoms with Crippen LogP contribution in [0.1, 0.15) is 60.3 Å². The third kappa shape index (κ3) is 15.1. The molecule has 0 fully saturated rings. The maximum absolute atomic E-state index is 13.1. The molecule has 2 amide bonds. The molecule has 2 bridgehead atoms. The number of fused-ring (bicyclic) bond motifs is 2. The summed E-state index contributed by atoms with van der Waals surface area (Å²) in [6.45, 7) is 9.83. The first-order valence-electron chi connectivity index (χ1n) is 13.2. The van der Waals surface area contributed by atoms with Gasteiger partial charge >= 0.3 is 6.09 Å². The highest BCUT2D eigenvalue weighted by Gasteiger charge is 2.31. The van der Waals surface area contributed by atoms with Gasteiger partial charge in [-0.05, 0) is 51.4 Å². The molecule has 0 spiro atoms. The van der Waals surface area contributed by atoms with Gasteiger partial charge in [-0.3, -0.25) is 14.4 Å². The minimum Gasteiger partial charge on any atom is -0.492 e. The molecule has 4 atom stereocenters. The number of carboxylic acid groups (broad SMARTS) is 1. The molecule has 7 N–H and O–H groups in total. The summed E-state index contributed by atoms with van der Waals surface area (Å²) in [5.41, 5.74) is 5.89. The van der Waals surface area contributed by atoms with Crippen molar-refractivity contribution >= 4 is 23.6 Å². The van der Waals surface area contributed by atoms with Crippen LogP contribution in [0.5, 0.6) is 0 Å². The summed E-state index contributed by atoms with van der Waals surface area (Å²) in [7, 11) is 3.37. The molecule has 2 aliphatic rings. The van der Waals surface area contributed by atoms with Gasteiger partial charge in [0, 0.05) is 37.4 Å². The van der Waals surface area contributed by atoms with E-state index < -0.39 is 29.7 Å². The van der Waals surface area contributed by atoms with Crippen LogP contribution in [0, 0.1) is 17.8 Å². The predicted octanol–water partition coefficient (Wildman–Crippen LogP) is 3.17. The number of rotatable bonds is 1. The quantitative estimate of drug-likeness (QED) is 0.199. The molecule has 232 valence electrons. The van der Waals surface area contributed by atoms with Crippen LogP contribution in [-0.2, 0) is 19.1 Å². The highest BCUT2D eigenvalue weighted by atomic mass is 16.5. The van der Waals surface area contributed by atoms with E-state index in [1.165, 1.54) is 12.7 Å². The van der Waals surface area contributed by atoms with Crippen LogP contribution in [0.3, 0.4) is 0 Å². The number of carbonyl (C=O) groups is 4. The first kappa shape index (κ1) is 39.6. The lowest BCUT2D eigenvalue weighted by atomic mass is 9.87. The number of primary amides is 1. The summed E-state index contributed by atoms with van der Waals surface area (Å²) in [5.74, 6) is -0.942. The number of Topliss-reactive ketones (excluding diaryl/α,β-unsaturated/α-hetero) is 1. The third-order valence-electron chi connectivity index (χ3n) is 6.19. The second-order valence-electron chi connectivity index (χ2n) is 9.80. The topological polar surface area (TPSA) is 196 Å². The molecule has 1 aliphatic carbocycles. The fourth-order valence-electron chi connectivity index (χ4n) is 4.24. The standard InChI is InChI=1S/C27H37NO5.CH3NO2.2CH4O/c1-16-8-7-9-19(4)27(32)28-22-15-24(30)26(33-6)21(25(22)31)14-17(2)10-11-23(29)20(5)13-18(3)12-16;2-1(3)4;2*1-2/h7-9,13,15-17,20,23,29H,10-12,14H2,1-6H3,(H,28,32);2H2,(H,3,4);2*2H,1H3/b8-7-,18-13+,19-9+;;;. The average molecular weight is 581 g/mol. The van der Waals surface area contributed by atoms with Crippen molar-refractivity contribution in [1.29, 1.82) is 0 Å². The smallest absolute Gasteiger partial charge is 0.402 e. The number of hydrogen-bond acceptors (Lipinski definition) is 8. The summed E-state index contributed by atoms with van der Waals surface area (Å²) < 4.78 is 5.24. The maximum atomic E-state index is 13.1. The Balaban J connectivity index is 0. The Morgan fingerprint density at radius 3 is 2.12 bits per heavy atom. The number of allylic oxidation sites excluding steroid dienone is 6. The second kappa shape index (κ2) is 21.2. The van der Waals surface area contributed by atoms with E-state index in [1.807, 2.05) is 26.0 Å². The third-order valence-corrected chi connectivity index (χ3v) is 6.19. The van der Waals surface area contributed by atoms with E-state index in [4.69, 9.17) is 24.9 Å². The number of ketones is 2. The van der Waals surface area contributed by atoms with Crippen molar-refractivity contribution in [3.05, 3.63) is 58.6 Å². The SMILES string of the molecule is CO.CO.COC1=C2CC(C)CCC(O)C(C)/C=C(\C)CC(C)/C=C\C=C(/C)C(=O)NC(=CC1=O)C2=O.NC(=O)O.